The van der Waals surface area contributed by atoms with E-state index in [1.165, 1.54) is 12.3 Å². The number of sulfonamides is 1. The summed E-state index contributed by atoms with van der Waals surface area (Å²) in [6, 6.07) is 12.4. The van der Waals surface area contributed by atoms with Crippen LogP contribution in [0.4, 0.5) is 0 Å². The number of hydrogen-bond acceptors (Lipinski definition) is 4. The summed E-state index contributed by atoms with van der Waals surface area (Å²) in [5.41, 5.74) is 4.44. The number of para-hydroxylation sites is 1. The van der Waals surface area contributed by atoms with Gasteiger partial charge in [-0.25, -0.2) is 17.8 Å². The maximum Gasteiger partial charge on any atom is 0.268 e. The summed E-state index contributed by atoms with van der Waals surface area (Å²) >= 11 is 0. The zero-order valence-electron chi connectivity index (χ0n) is 15.6. The third kappa shape index (κ3) is 3.64. The molecular weight excluding hydrogens is 362 g/mol. The van der Waals surface area contributed by atoms with Gasteiger partial charge in [0.1, 0.15) is 0 Å². The normalized spacial score (nSPS) is 11.4. The molecule has 6 nitrogen and oxygen atoms in total. The van der Waals surface area contributed by atoms with Crippen molar-refractivity contribution in [3.63, 3.8) is 0 Å². The van der Waals surface area contributed by atoms with Gasteiger partial charge in [-0.1, -0.05) is 24.3 Å². The minimum absolute atomic E-state index is 0.0582. The van der Waals surface area contributed by atoms with E-state index in [-0.39, 0.29) is 10.5 Å². The molecule has 1 aromatic heterocycles. The number of carbonyl (C=O) groups excluding carboxylic acids is 1. The largest absolute Gasteiger partial charge is 0.268 e. The monoisotopic (exact) mass is 383 g/mol. The molecule has 140 valence electrons. The summed E-state index contributed by atoms with van der Waals surface area (Å²) in [7, 11) is -3.96. The van der Waals surface area contributed by atoms with Crippen LogP contribution in [0, 0.1) is 27.7 Å². The number of benzene rings is 2. The fourth-order valence-corrected chi connectivity index (χ4v) is 3.84. The van der Waals surface area contributed by atoms with Crippen molar-refractivity contribution in [3.05, 3.63) is 76.6 Å². The zero-order valence-corrected chi connectivity index (χ0v) is 16.5. The van der Waals surface area contributed by atoms with Gasteiger partial charge in [0.25, 0.3) is 15.9 Å². The summed E-state index contributed by atoms with van der Waals surface area (Å²) in [5, 5.41) is 4.26. The Morgan fingerprint density at radius 1 is 0.963 bits per heavy atom. The first-order valence-corrected chi connectivity index (χ1v) is 9.94. The molecule has 1 heterocycles. The van der Waals surface area contributed by atoms with Crippen LogP contribution < -0.4 is 4.72 Å². The molecule has 1 amide bonds. The fourth-order valence-electron chi connectivity index (χ4n) is 2.79. The Balaban J connectivity index is 1.91. The second-order valence-corrected chi connectivity index (χ2v) is 8.21. The molecule has 0 bridgehead atoms. The summed E-state index contributed by atoms with van der Waals surface area (Å²) in [5.74, 6) is -0.703. The van der Waals surface area contributed by atoms with Crippen molar-refractivity contribution < 1.29 is 13.2 Å². The average molecular weight is 383 g/mol. The van der Waals surface area contributed by atoms with Gasteiger partial charge in [0.05, 0.1) is 28.0 Å². The number of aryl methyl sites for hydroxylation is 3. The molecule has 0 fully saturated rings. The Bertz CT molecular complexity index is 1130. The Kier molecular flexibility index (Phi) is 4.89. The SMILES string of the molecule is Cc1ccc(S(=O)(=O)NC(=O)c2cnn(-c3ccccc3C)c2C)cc1C. The van der Waals surface area contributed by atoms with Gasteiger partial charge in [-0.05, 0) is 62.6 Å². The molecular formula is C20H21N3O3S. The molecule has 27 heavy (non-hydrogen) atoms. The van der Waals surface area contributed by atoms with Gasteiger partial charge in [-0.15, -0.1) is 0 Å². The number of rotatable bonds is 4. The van der Waals surface area contributed by atoms with Crippen LogP contribution in [0.1, 0.15) is 32.7 Å². The highest BCUT2D eigenvalue weighted by molar-refractivity contribution is 7.90. The van der Waals surface area contributed by atoms with Crippen molar-refractivity contribution >= 4 is 15.9 Å². The highest BCUT2D eigenvalue weighted by atomic mass is 32.2. The summed E-state index contributed by atoms with van der Waals surface area (Å²) in [6.45, 7) is 7.40. The quantitative estimate of drug-likeness (QED) is 0.750. The number of nitrogens with one attached hydrogen (secondary N) is 1. The van der Waals surface area contributed by atoms with Gasteiger partial charge in [0, 0.05) is 0 Å². The van der Waals surface area contributed by atoms with Gasteiger partial charge in [-0.2, -0.15) is 5.10 Å². The molecule has 2 aromatic carbocycles. The predicted molar refractivity (Wildman–Crippen MR) is 104 cm³/mol. The number of carbonyl (C=O) groups is 1. The molecule has 0 atom stereocenters. The number of amides is 1. The lowest BCUT2D eigenvalue weighted by Gasteiger charge is -2.10. The van der Waals surface area contributed by atoms with Gasteiger partial charge >= 0.3 is 0 Å². The van der Waals surface area contributed by atoms with Crippen LogP contribution in [-0.4, -0.2) is 24.1 Å². The molecule has 3 aromatic rings. The van der Waals surface area contributed by atoms with Crippen molar-refractivity contribution in [1.29, 1.82) is 0 Å². The first-order valence-electron chi connectivity index (χ1n) is 8.46. The molecule has 7 heteroatoms. The third-order valence-corrected chi connectivity index (χ3v) is 5.94. The standard InChI is InChI=1S/C20H21N3O3S/c1-13-9-10-17(11-15(13)3)27(25,26)22-20(24)18-12-21-23(16(18)4)19-8-6-5-7-14(19)2/h5-12H,1-4H3,(H,22,24). The Morgan fingerprint density at radius 2 is 1.67 bits per heavy atom. The average Bonchev–Trinajstić information content (AvgIpc) is 2.99. The van der Waals surface area contributed by atoms with Crippen LogP contribution in [0.2, 0.25) is 0 Å². The van der Waals surface area contributed by atoms with E-state index in [2.05, 4.69) is 9.82 Å². The van der Waals surface area contributed by atoms with Crippen LogP contribution in [0.5, 0.6) is 0 Å². The Hall–Kier alpha value is -2.93. The molecule has 0 aliphatic rings. The van der Waals surface area contributed by atoms with E-state index in [1.54, 1.807) is 23.7 Å². The Morgan fingerprint density at radius 3 is 2.33 bits per heavy atom. The van der Waals surface area contributed by atoms with E-state index in [1.807, 2.05) is 45.0 Å². The third-order valence-electron chi connectivity index (χ3n) is 4.61. The van der Waals surface area contributed by atoms with Gasteiger partial charge in [0.2, 0.25) is 0 Å². The topological polar surface area (TPSA) is 81.1 Å². The van der Waals surface area contributed by atoms with Crippen molar-refractivity contribution in [2.45, 2.75) is 32.6 Å². The maximum absolute atomic E-state index is 12.6. The van der Waals surface area contributed by atoms with Crippen LogP contribution in [-0.2, 0) is 10.0 Å². The lowest BCUT2D eigenvalue weighted by molar-refractivity contribution is 0.0981. The number of nitrogens with zero attached hydrogens (tertiary/aromatic N) is 2. The van der Waals surface area contributed by atoms with Crippen LogP contribution in [0.25, 0.3) is 5.69 Å². The predicted octanol–water partition coefficient (Wildman–Crippen LogP) is 3.22. The van der Waals surface area contributed by atoms with Crippen LogP contribution in [0.15, 0.2) is 53.6 Å². The van der Waals surface area contributed by atoms with Crippen molar-refractivity contribution in [3.8, 4) is 5.69 Å². The van der Waals surface area contributed by atoms with Crippen LogP contribution >= 0.6 is 0 Å². The minimum atomic E-state index is -3.96. The van der Waals surface area contributed by atoms with Gasteiger partial charge in [0.15, 0.2) is 0 Å². The van der Waals surface area contributed by atoms with Gasteiger partial charge < -0.3 is 0 Å². The molecule has 0 spiro atoms. The summed E-state index contributed by atoms with van der Waals surface area (Å²) < 4.78 is 28.9. The lowest BCUT2D eigenvalue weighted by Crippen LogP contribution is -2.31. The molecule has 3 rings (SSSR count). The fraction of sp³-hybridized carbons (Fsp3) is 0.200. The molecule has 1 N–H and O–H groups in total. The second-order valence-electron chi connectivity index (χ2n) is 6.52. The van der Waals surface area contributed by atoms with Crippen molar-refractivity contribution in [2.75, 3.05) is 0 Å². The highest BCUT2D eigenvalue weighted by Crippen LogP contribution is 2.19. The molecule has 0 unspecified atom stereocenters. The van der Waals surface area contributed by atoms with E-state index < -0.39 is 15.9 Å². The second kappa shape index (κ2) is 7.00. The molecule has 0 aliphatic carbocycles. The van der Waals surface area contributed by atoms with Crippen molar-refractivity contribution in [2.24, 2.45) is 0 Å². The first-order chi connectivity index (χ1) is 12.7. The van der Waals surface area contributed by atoms with E-state index in [0.717, 1.165) is 22.4 Å². The number of aromatic nitrogens is 2. The Labute approximate surface area is 158 Å². The van der Waals surface area contributed by atoms with Crippen molar-refractivity contribution in [1.82, 2.24) is 14.5 Å². The minimum Gasteiger partial charge on any atom is -0.268 e. The van der Waals surface area contributed by atoms with Crippen LogP contribution in [0.3, 0.4) is 0 Å². The summed E-state index contributed by atoms with van der Waals surface area (Å²) in [6.07, 6.45) is 1.38. The van der Waals surface area contributed by atoms with E-state index in [0.29, 0.717) is 5.69 Å². The molecule has 0 aliphatic heterocycles. The smallest absolute Gasteiger partial charge is 0.268 e. The molecule has 0 saturated carbocycles. The highest BCUT2D eigenvalue weighted by Gasteiger charge is 2.22. The zero-order chi connectivity index (χ0) is 19.8. The lowest BCUT2D eigenvalue weighted by atomic mass is 10.1. The summed E-state index contributed by atoms with van der Waals surface area (Å²) in [4.78, 5) is 12.7. The molecule has 0 radical (unpaired) electrons. The van der Waals surface area contributed by atoms with E-state index in [9.17, 15) is 13.2 Å². The molecule has 0 saturated heterocycles. The maximum atomic E-state index is 12.6. The van der Waals surface area contributed by atoms with E-state index in [4.69, 9.17) is 0 Å². The van der Waals surface area contributed by atoms with E-state index >= 15 is 0 Å². The van der Waals surface area contributed by atoms with Gasteiger partial charge in [-0.3, -0.25) is 4.79 Å². The number of hydrogen-bond donors (Lipinski definition) is 1. The first kappa shape index (κ1) is 18.8.